The van der Waals surface area contributed by atoms with Gasteiger partial charge in [0.05, 0.1) is 16.7 Å². The highest BCUT2D eigenvalue weighted by molar-refractivity contribution is 6.09. The van der Waals surface area contributed by atoms with E-state index in [-0.39, 0.29) is 0 Å². The second-order valence-corrected chi connectivity index (χ2v) is 16.9. The first-order chi connectivity index (χ1) is 32.7. The Morgan fingerprint density at radius 2 is 0.682 bits per heavy atom. The quantitative estimate of drug-likeness (QED) is 0.141. The Morgan fingerprint density at radius 1 is 0.258 bits per heavy atom. The maximum atomic E-state index is 2.41. The van der Waals surface area contributed by atoms with Gasteiger partial charge in [0.1, 0.15) is 0 Å². The van der Waals surface area contributed by atoms with Gasteiger partial charge in [0.15, 0.2) is 0 Å². The molecule has 0 spiro atoms. The highest BCUT2D eigenvalue weighted by Gasteiger charge is 2.20. The first-order valence-corrected chi connectivity index (χ1v) is 22.7. The van der Waals surface area contributed by atoms with Crippen molar-refractivity contribution in [3.8, 4) is 61.3 Å². The van der Waals surface area contributed by atoms with Crippen molar-refractivity contribution < 1.29 is 0 Å². The molecule has 0 aliphatic heterocycles. The summed E-state index contributed by atoms with van der Waals surface area (Å²) in [6.45, 7) is 0. The Hall–Kier alpha value is -8.72. The number of aromatic nitrogens is 1. The van der Waals surface area contributed by atoms with Crippen molar-refractivity contribution in [1.82, 2.24) is 4.57 Å². The number of hydrogen-bond donors (Lipinski definition) is 0. The van der Waals surface area contributed by atoms with Crippen molar-refractivity contribution in [2.45, 2.75) is 0 Å². The van der Waals surface area contributed by atoms with Crippen LogP contribution in [0, 0.1) is 0 Å². The van der Waals surface area contributed by atoms with Gasteiger partial charge in [0.25, 0.3) is 0 Å². The van der Waals surface area contributed by atoms with Gasteiger partial charge in [-0.15, -0.1) is 0 Å². The van der Waals surface area contributed by atoms with Crippen molar-refractivity contribution in [3.63, 3.8) is 0 Å². The third kappa shape index (κ3) is 7.12. The first kappa shape index (κ1) is 38.9. The van der Waals surface area contributed by atoms with Crippen LogP contribution in [0.3, 0.4) is 0 Å². The standard InChI is InChI=1S/C64H44N2/c1-3-15-45(16-4-1)46-29-31-47(32-30-46)48-33-38-54(39-34-48)65(55-40-35-51(36-41-55)58-26-14-20-49-19-7-8-23-57(49)58)64-42-37-53(44-61(64)50-17-5-2-6-18-50)52-21-13-22-56(43-52)66-62-27-11-9-24-59(62)60-25-10-12-28-63(60)66/h1-44H. The summed E-state index contributed by atoms with van der Waals surface area (Å²) in [5, 5.41) is 5.01. The fraction of sp³-hybridized carbons (Fsp3) is 0. The molecule has 12 aromatic rings. The normalized spacial score (nSPS) is 11.3. The molecular weight excluding hydrogens is 797 g/mol. The molecule has 0 aliphatic rings. The summed E-state index contributed by atoms with van der Waals surface area (Å²) in [6.07, 6.45) is 0. The van der Waals surface area contributed by atoms with Crippen LogP contribution in [0.2, 0.25) is 0 Å². The van der Waals surface area contributed by atoms with Crippen LogP contribution in [-0.4, -0.2) is 4.57 Å². The lowest BCUT2D eigenvalue weighted by atomic mass is 9.95. The van der Waals surface area contributed by atoms with Crippen LogP contribution in [0.4, 0.5) is 17.1 Å². The lowest BCUT2D eigenvalue weighted by molar-refractivity contribution is 1.18. The van der Waals surface area contributed by atoms with Crippen molar-refractivity contribution in [2.75, 3.05) is 4.90 Å². The summed E-state index contributed by atoms with van der Waals surface area (Å²) in [5.41, 5.74) is 18.6. The number of fused-ring (bicyclic) bond motifs is 4. The number of anilines is 3. The molecule has 0 bridgehead atoms. The minimum Gasteiger partial charge on any atom is -0.310 e. The number of nitrogens with zero attached hydrogens (tertiary/aromatic N) is 2. The monoisotopic (exact) mass is 840 g/mol. The molecule has 0 radical (unpaired) electrons. The molecule has 2 nitrogen and oxygen atoms in total. The molecule has 11 aromatic carbocycles. The molecule has 0 atom stereocenters. The molecule has 1 aromatic heterocycles. The Labute approximate surface area is 385 Å². The van der Waals surface area contributed by atoms with Gasteiger partial charge in [-0.2, -0.15) is 0 Å². The first-order valence-electron chi connectivity index (χ1n) is 22.7. The number of rotatable bonds is 9. The molecule has 1 heterocycles. The van der Waals surface area contributed by atoms with E-state index in [1.807, 2.05) is 0 Å². The smallest absolute Gasteiger partial charge is 0.0541 e. The summed E-state index contributed by atoms with van der Waals surface area (Å²) in [6, 6.07) is 96.9. The fourth-order valence-corrected chi connectivity index (χ4v) is 9.77. The maximum Gasteiger partial charge on any atom is 0.0541 e. The van der Waals surface area contributed by atoms with E-state index in [0.717, 1.165) is 45.0 Å². The van der Waals surface area contributed by atoms with Crippen molar-refractivity contribution >= 4 is 49.6 Å². The van der Waals surface area contributed by atoms with Crippen molar-refractivity contribution in [2.24, 2.45) is 0 Å². The highest BCUT2D eigenvalue weighted by Crippen LogP contribution is 2.44. The van der Waals surface area contributed by atoms with Crippen LogP contribution in [0.5, 0.6) is 0 Å². The van der Waals surface area contributed by atoms with E-state index in [1.54, 1.807) is 0 Å². The van der Waals surface area contributed by atoms with E-state index in [4.69, 9.17) is 0 Å². The predicted octanol–water partition coefficient (Wildman–Crippen LogP) is 17.7. The van der Waals surface area contributed by atoms with E-state index in [0.29, 0.717) is 0 Å². The van der Waals surface area contributed by atoms with E-state index in [1.165, 1.54) is 66.0 Å². The lowest BCUT2D eigenvalue weighted by Crippen LogP contribution is -2.11. The molecule has 66 heavy (non-hydrogen) atoms. The van der Waals surface area contributed by atoms with E-state index >= 15 is 0 Å². The number of hydrogen-bond acceptors (Lipinski definition) is 1. The SMILES string of the molecule is c1ccc(-c2ccc(-c3ccc(N(c4ccc(-c5cccc6ccccc56)cc4)c4ccc(-c5cccc(-n6c7ccccc7c7ccccc76)c5)cc4-c4ccccc4)cc3)cc2)cc1. The number of benzene rings is 11. The molecule has 0 amide bonds. The second kappa shape index (κ2) is 16.8. The number of para-hydroxylation sites is 2. The Bertz CT molecular complexity index is 3600. The topological polar surface area (TPSA) is 8.17 Å². The fourth-order valence-electron chi connectivity index (χ4n) is 9.77. The molecule has 2 heteroatoms. The van der Waals surface area contributed by atoms with Crippen molar-refractivity contribution in [3.05, 3.63) is 267 Å². The molecule has 0 saturated heterocycles. The van der Waals surface area contributed by atoms with Gasteiger partial charge >= 0.3 is 0 Å². The van der Waals surface area contributed by atoms with E-state index < -0.39 is 0 Å². The Kier molecular flexibility index (Phi) is 9.89. The van der Waals surface area contributed by atoms with Gasteiger partial charge < -0.3 is 9.47 Å². The van der Waals surface area contributed by atoms with Crippen LogP contribution in [0.15, 0.2) is 267 Å². The zero-order valence-corrected chi connectivity index (χ0v) is 36.3. The molecule has 0 saturated carbocycles. The minimum absolute atomic E-state index is 1.08. The molecule has 0 N–H and O–H groups in total. The van der Waals surface area contributed by atoms with Gasteiger partial charge in [-0.05, 0) is 122 Å². The van der Waals surface area contributed by atoms with Gasteiger partial charge in [-0.3, -0.25) is 0 Å². The summed E-state index contributed by atoms with van der Waals surface area (Å²) in [7, 11) is 0. The van der Waals surface area contributed by atoms with Crippen LogP contribution < -0.4 is 4.90 Å². The van der Waals surface area contributed by atoms with E-state index in [9.17, 15) is 0 Å². The third-order valence-corrected chi connectivity index (χ3v) is 13.0. The summed E-state index contributed by atoms with van der Waals surface area (Å²) in [4.78, 5) is 2.41. The van der Waals surface area contributed by atoms with Crippen LogP contribution >= 0.6 is 0 Å². The van der Waals surface area contributed by atoms with Crippen LogP contribution in [0.1, 0.15) is 0 Å². The largest absolute Gasteiger partial charge is 0.310 e. The summed E-state index contributed by atoms with van der Waals surface area (Å²) in [5.74, 6) is 0. The van der Waals surface area contributed by atoms with Gasteiger partial charge in [0, 0.05) is 33.4 Å². The van der Waals surface area contributed by atoms with E-state index in [2.05, 4.69) is 276 Å². The molecule has 0 fully saturated rings. The average molecular weight is 841 g/mol. The third-order valence-electron chi connectivity index (χ3n) is 13.0. The molecule has 310 valence electrons. The predicted molar refractivity (Wildman–Crippen MR) is 280 cm³/mol. The second-order valence-electron chi connectivity index (χ2n) is 16.9. The van der Waals surface area contributed by atoms with Gasteiger partial charge in [-0.25, -0.2) is 0 Å². The Balaban J connectivity index is 0.982. The van der Waals surface area contributed by atoms with Gasteiger partial charge in [-0.1, -0.05) is 206 Å². The molecule has 0 unspecified atom stereocenters. The van der Waals surface area contributed by atoms with Crippen molar-refractivity contribution in [1.29, 1.82) is 0 Å². The summed E-state index contributed by atoms with van der Waals surface area (Å²) >= 11 is 0. The Morgan fingerprint density at radius 3 is 1.32 bits per heavy atom. The average Bonchev–Trinajstić information content (AvgIpc) is 3.74. The summed E-state index contributed by atoms with van der Waals surface area (Å²) < 4.78 is 2.39. The van der Waals surface area contributed by atoms with Gasteiger partial charge in [0.2, 0.25) is 0 Å². The molecule has 0 aliphatic carbocycles. The lowest BCUT2D eigenvalue weighted by Gasteiger charge is -2.29. The maximum absolute atomic E-state index is 2.41. The zero-order valence-electron chi connectivity index (χ0n) is 36.3. The zero-order chi connectivity index (χ0) is 43.8. The minimum atomic E-state index is 1.08. The molecular formula is C64H44N2. The highest BCUT2D eigenvalue weighted by atomic mass is 15.1. The van der Waals surface area contributed by atoms with Crippen LogP contribution in [0.25, 0.3) is 93.9 Å². The van der Waals surface area contributed by atoms with Crippen LogP contribution in [-0.2, 0) is 0 Å². The molecule has 12 rings (SSSR count).